The zero-order valence-corrected chi connectivity index (χ0v) is 7.68. The first-order valence-corrected chi connectivity index (χ1v) is 4.22. The molecule has 2 N–H and O–H groups in total. The molecule has 1 aliphatic rings. The van der Waals surface area contributed by atoms with E-state index in [0.717, 1.165) is 23.7 Å². The third-order valence-corrected chi connectivity index (χ3v) is 2.19. The molecule has 0 amide bonds. The quantitative estimate of drug-likeness (QED) is 0.603. The van der Waals surface area contributed by atoms with E-state index in [9.17, 15) is 0 Å². The van der Waals surface area contributed by atoms with E-state index in [2.05, 4.69) is 22.7 Å². The molecule has 66 valence electrons. The first kappa shape index (κ1) is 7.46. The lowest BCUT2D eigenvalue weighted by Crippen LogP contribution is -2.30. The lowest BCUT2D eigenvalue weighted by atomic mass is 10.2. The van der Waals surface area contributed by atoms with Crippen molar-refractivity contribution >= 4 is 11.5 Å². The summed E-state index contributed by atoms with van der Waals surface area (Å²) in [7, 11) is 1.96. The van der Waals surface area contributed by atoms with Gasteiger partial charge in [0.15, 0.2) is 0 Å². The van der Waals surface area contributed by atoms with Crippen LogP contribution in [-0.2, 0) is 7.05 Å². The van der Waals surface area contributed by atoms with Gasteiger partial charge in [-0.1, -0.05) is 0 Å². The monoisotopic (exact) mass is 166 g/mol. The molecular weight excluding hydrogens is 152 g/mol. The summed E-state index contributed by atoms with van der Waals surface area (Å²) in [6.07, 6.45) is 0. The Bertz CT molecular complexity index is 302. The maximum Gasteiger partial charge on any atom is 0.148 e. The van der Waals surface area contributed by atoms with Gasteiger partial charge in [0.05, 0.1) is 5.69 Å². The Kier molecular flexibility index (Phi) is 1.49. The number of fused-ring (bicyclic) bond motifs is 1. The molecule has 0 saturated heterocycles. The summed E-state index contributed by atoms with van der Waals surface area (Å²) in [6, 6.07) is 0.479. The van der Waals surface area contributed by atoms with Gasteiger partial charge in [-0.2, -0.15) is 5.10 Å². The predicted octanol–water partition coefficient (Wildman–Crippen LogP) is 0.954. The maximum absolute atomic E-state index is 4.32. The van der Waals surface area contributed by atoms with Crippen molar-refractivity contribution in [2.24, 2.45) is 7.05 Å². The first-order chi connectivity index (χ1) is 5.68. The van der Waals surface area contributed by atoms with Gasteiger partial charge in [-0.15, -0.1) is 0 Å². The highest BCUT2D eigenvalue weighted by molar-refractivity contribution is 5.70. The van der Waals surface area contributed by atoms with Gasteiger partial charge in [-0.3, -0.25) is 4.68 Å². The van der Waals surface area contributed by atoms with Crippen molar-refractivity contribution in [3.05, 3.63) is 5.69 Å². The third kappa shape index (κ3) is 0.948. The fourth-order valence-corrected chi connectivity index (χ4v) is 1.57. The summed E-state index contributed by atoms with van der Waals surface area (Å²) in [5, 5.41) is 11.1. The van der Waals surface area contributed by atoms with Crippen molar-refractivity contribution in [3.8, 4) is 0 Å². The molecule has 12 heavy (non-hydrogen) atoms. The smallest absolute Gasteiger partial charge is 0.148 e. The molecule has 4 nitrogen and oxygen atoms in total. The molecule has 1 aromatic rings. The fourth-order valence-electron chi connectivity index (χ4n) is 1.57. The third-order valence-electron chi connectivity index (χ3n) is 2.19. The molecule has 0 radical (unpaired) electrons. The summed E-state index contributed by atoms with van der Waals surface area (Å²) in [5.41, 5.74) is 2.21. The van der Waals surface area contributed by atoms with Crippen LogP contribution >= 0.6 is 0 Å². The maximum atomic E-state index is 4.32. The SMILES string of the molecule is Cc1nn(C)c2c1NC[C@@H](C)N2. The van der Waals surface area contributed by atoms with E-state index in [4.69, 9.17) is 0 Å². The minimum absolute atomic E-state index is 0.479. The lowest BCUT2D eigenvalue weighted by Gasteiger charge is -2.23. The summed E-state index contributed by atoms with van der Waals surface area (Å²) < 4.78 is 1.88. The van der Waals surface area contributed by atoms with Crippen LogP contribution < -0.4 is 10.6 Å². The van der Waals surface area contributed by atoms with Crippen molar-refractivity contribution in [2.45, 2.75) is 19.9 Å². The molecule has 1 aliphatic heterocycles. The van der Waals surface area contributed by atoms with Crippen molar-refractivity contribution in [3.63, 3.8) is 0 Å². The van der Waals surface area contributed by atoms with E-state index in [-0.39, 0.29) is 0 Å². The number of nitrogens with zero attached hydrogens (tertiary/aromatic N) is 2. The van der Waals surface area contributed by atoms with Crippen LogP contribution in [0.1, 0.15) is 12.6 Å². The van der Waals surface area contributed by atoms with E-state index in [1.807, 2.05) is 18.7 Å². The predicted molar refractivity (Wildman–Crippen MR) is 49.5 cm³/mol. The Hall–Kier alpha value is -1.19. The topological polar surface area (TPSA) is 41.9 Å². The number of hydrogen-bond acceptors (Lipinski definition) is 3. The number of aromatic nitrogens is 2. The summed E-state index contributed by atoms with van der Waals surface area (Å²) in [4.78, 5) is 0. The van der Waals surface area contributed by atoms with Crippen LogP contribution in [0.25, 0.3) is 0 Å². The molecule has 0 fully saturated rings. The second-order valence-electron chi connectivity index (χ2n) is 3.36. The Morgan fingerprint density at radius 3 is 3.08 bits per heavy atom. The lowest BCUT2D eigenvalue weighted by molar-refractivity contribution is 0.732. The molecule has 2 rings (SSSR count). The van der Waals surface area contributed by atoms with Gasteiger partial charge in [-0.25, -0.2) is 0 Å². The van der Waals surface area contributed by atoms with Crippen LogP contribution in [0.5, 0.6) is 0 Å². The van der Waals surface area contributed by atoms with Gasteiger partial charge < -0.3 is 10.6 Å². The molecule has 1 aromatic heterocycles. The standard InChI is InChI=1S/C8H14N4/c1-5-4-9-7-6(2)11-12(3)8(7)10-5/h5,9-10H,4H2,1-3H3/t5-/m1/s1. The van der Waals surface area contributed by atoms with Crippen molar-refractivity contribution < 1.29 is 0 Å². The summed E-state index contributed by atoms with van der Waals surface area (Å²) in [5.74, 6) is 1.10. The Balaban J connectivity index is 2.45. The summed E-state index contributed by atoms with van der Waals surface area (Å²) in [6.45, 7) is 5.14. The van der Waals surface area contributed by atoms with Crippen molar-refractivity contribution in [1.82, 2.24) is 9.78 Å². The number of aryl methyl sites for hydroxylation is 2. The highest BCUT2D eigenvalue weighted by Crippen LogP contribution is 2.28. The molecule has 0 aliphatic carbocycles. The van der Waals surface area contributed by atoms with Crippen LogP contribution in [0.15, 0.2) is 0 Å². The van der Waals surface area contributed by atoms with Crippen LogP contribution in [0, 0.1) is 6.92 Å². The Labute approximate surface area is 72.0 Å². The number of anilines is 2. The minimum atomic E-state index is 0.479. The molecule has 0 saturated carbocycles. The van der Waals surface area contributed by atoms with E-state index >= 15 is 0 Å². The minimum Gasteiger partial charge on any atom is -0.378 e. The van der Waals surface area contributed by atoms with Crippen LogP contribution in [0.4, 0.5) is 11.5 Å². The molecule has 0 unspecified atom stereocenters. The second-order valence-corrected chi connectivity index (χ2v) is 3.36. The zero-order chi connectivity index (χ0) is 8.72. The highest BCUT2D eigenvalue weighted by Gasteiger charge is 2.19. The van der Waals surface area contributed by atoms with Gasteiger partial charge in [0, 0.05) is 19.6 Å². The molecule has 0 bridgehead atoms. The van der Waals surface area contributed by atoms with Crippen LogP contribution in [-0.4, -0.2) is 22.4 Å². The average Bonchev–Trinajstić information content (AvgIpc) is 2.28. The van der Waals surface area contributed by atoms with Gasteiger partial charge in [0.1, 0.15) is 11.5 Å². The molecule has 1 atom stereocenters. The average molecular weight is 166 g/mol. The molecule has 4 heteroatoms. The van der Waals surface area contributed by atoms with Gasteiger partial charge >= 0.3 is 0 Å². The Morgan fingerprint density at radius 2 is 2.33 bits per heavy atom. The largest absolute Gasteiger partial charge is 0.378 e. The highest BCUT2D eigenvalue weighted by atomic mass is 15.3. The molecule has 0 spiro atoms. The summed E-state index contributed by atoms with van der Waals surface area (Å²) >= 11 is 0. The van der Waals surface area contributed by atoms with Gasteiger partial charge in [-0.05, 0) is 13.8 Å². The van der Waals surface area contributed by atoms with Crippen LogP contribution in [0.3, 0.4) is 0 Å². The fraction of sp³-hybridized carbons (Fsp3) is 0.625. The van der Waals surface area contributed by atoms with E-state index in [0.29, 0.717) is 6.04 Å². The molecule has 0 aromatic carbocycles. The number of rotatable bonds is 0. The van der Waals surface area contributed by atoms with Crippen LogP contribution in [0.2, 0.25) is 0 Å². The van der Waals surface area contributed by atoms with E-state index < -0.39 is 0 Å². The molecule has 2 heterocycles. The number of hydrogen-bond donors (Lipinski definition) is 2. The van der Waals surface area contributed by atoms with Crippen molar-refractivity contribution in [1.29, 1.82) is 0 Å². The second kappa shape index (κ2) is 2.40. The van der Waals surface area contributed by atoms with E-state index in [1.54, 1.807) is 0 Å². The van der Waals surface area contributed by atoms with Crippen molar-refractivity contribution in [2.75, 3.05) is 17.2 Å². The number of nitrogens with one attached hydrogen (secondary N) is 2. The zero-order valence-electron chi connectivity index (χ0n) is 7.68. The van der Waals surface area contributed by atoms with Gasteiger partial charge in [0.25, 0.3) is 0 Å². The van der Waals surface area contributed by atoms with Gasteiger partial charge in [0.2, 0.25) is 0 Å². The molecular formula is C8H14N4. The Morgan fingerprint density at radius 1 is 1.58 bits per heavy atom. The van der Waals surface area contributed by atoms with E-state index in [1.165, 1.54) is 0 Å². The first-order valence-electron chi connectivity index (χ1n) is 4.22. The normalized spacial score (nSPS) is 21.1.